The van der Waals surface area contributed by atoms with Crippen LogP contribution >= 0.6 is 12.6 Å². The van der Waals surface area contributed by atoms with E-state index < -0.39 is 11.7 Å². The summed E-state index contributed by atoms with van der Waals surface area (Å²) in [7, 11) is 0. The molecule has 0 aliphatic heterocycles. The van der Waals surface area contributed by atoms with E-state index in [1.807, 2.05) is 0 Å². The molecule has 0 radical (unpaired) electrons. The molecule has 48 valence electrons. The highest BCUT2D eigenvalue weighted by atomic mass is 32.1. The van der Waals surface area contributed by atoms with E-state index in [-0.39, 0.29) is 5.57 Å². The Morgan fingerprint density at radius 1 is 1.75 bits per heavy atom. The van der Waals surface area contributed by atoms with Gasteiger partial charge in [-0.15, -0.1) is 0 Å². The van der Waals surface area contributed by atoms with Gasteiger partial charge in [-0.05, 0) is 12.5 Å². The van der Waals surface area contributed by atoms with Gasteiger partial charge in [-0.2, -0.15) is 12.6 Å². The Kier molecular flexibility index (Phi) is 2.47. The van der Waals surface area contributed by atoms with Crippen molar-refractivity contribution in [3.05, 3.63) is 12.2 Å². The largest absolute Gasteiger partial charge is 0.277 e. The molecule has 0 aromatic rings. The minimum absolute atomic E-state index is 0.132. The molecule has 0 amide bonds. The molecule has 3 heteroatoms. The quantitative estimate of drug-likeness (QED) is 0.438. The van der Waals surface area contributed by atoms with Crippen molar-refractivity contribution in [1.82, 2.24) is 0 Å². The lowest BCUT2D eigenvalue weighted by molar-refractivity contribution is 0.0700. The molecule has 0 rings (SSSR count). The highest BCUT2D eigenvalue weighted by Gasteiger charge is 2.26. The summed E-state index contributed by atoms with van der Waals surface area (Å²) >= 11 is 3.43. The van der Waals surface area contributed by atoms with Gasteiger partial charge < -0.3 is 0 Å². The summed E-state index contributed by atoms with van der Waals surface area (Å²) < 4.78 is 24.2. The van der Waals surface area contributed by atoms with Crippen LogP contribution in [-0.2, 0) is 0 Å². The van der Waals surface area contributed by atoms with Gasteiger partial charge in [0.1, 0.15) is 0 Å². The van der Waals surface area contributed by atoms with E-state index in [4.69, 9.17) is 0 Å². The van der Waals surface area contributed by atoms with Gasteiger partial charge in [0.15, 0.2) is 0 Å². The molecular weight excluding hydrogens is 130 g/mol. The van der Waals surface area contributed by atoms with Gasteiger partial charge in [0.25, 0.3) is 5.92 Å². The summed E-state index contributed by atoms with van der Waals surface area (Å²) in [4.78, 5) is 0. The molecule has 0 unspecified atom stereocenters. The summed E-state index contributed by atoms with van der Waals surface area (Å²) in [6, 6.07) is 0. The standard InChI is InChI=1S/C5H8F2S/c1-4(2)5(6,7)3-8/h8H,1,3H2,2H3. The number of rotatable bonds is 2. The lowest BCUT2D eigenvalue weighted by Crippen LogP contribution is -2.18. The number of alkyl halides is 2. The molecule has 0 heterocycles. The number of halogens is 2. The van der Waals surface area contributed by atoms with Gasteiger partial charge in [0.05, 0.1) is 5.75 Å². The van der Waals surface area contributed by atoms with Gasteiger partial charge in [-0.3, -0.25) is 0 Å². The second-order valence-corrected chi connectivity index (χ2v) is 1.96. The van der Waals surface area contributed by atoms with Crippen LogP contribution in [-0.4, -0.2) is 11.7 Å². The Hall–Kier alpha value is -0.0500. The topological polar surface area (TPSA) is 0 Å². The van der Waals surface area contributed by atoms with Crippen molar-refractivity contribution in [2.45, 2.75) is 12.8 Å². The fourth-order valence-corrected chi connectivity index (χ4v) is 0.405. The maximum Gasteiger partial charge on any atom is 0.277 e. The Balaban J connectivity index is 3.91. The van der Waals surface area contributed by atoms with Crippen LogP contribution in [0.1, 0.15) is 6.92 Å². The number of hydrogen-bond acceptors (Lipinski definition) is 1. The summed E-state index contributed by atoms with van der Waals surface area (Å²) in [5.74, 6) is -3.24. The zero-order chi connectivity index (χ0) is 6.78. The third kappa shape index (κ3) is 1.82. The minimum atomic E-state index is -2.79. The predicted octanol–water partition coefficient (Wildman–Crippen LogP) is 2.13. The fraction of sp³-hybridized carbons (Fsp3) is 0.600. The van der Waals surface area contributed by atoms with Crippen LogP contribution in [0.15, 0.2) is 12.2 Å². The van der Waals surface area contributed by atoms with Crippen molar-refractivity contribution >= 4 is 12.6 Å². The average molecular weight is 138 g/mol. The molecule has 0 aromatic carbocycles. The first-order valence-corrected chi connectivity index (χ1v) is 2.78. The molecule has 0 nitrogen and oxygen atoms in total. The zero-order valence-corrected chi connectivity index (χ0v) is 5.51. The van der Waals surface area contributed by atoms with Crippen LogP contribution < -0.4 is 0 Å². The number of hydrogen-bond donors (Lipinski definition) is 1. The normalized spacial score (nSPS) is 11.5. The predicted molar refractivity (Wildman–Crippen MR) is 33.6 cm³/mol. The summed E-state index contributed by atoms with van der Waals surface area (Å²) in [6.07, 6.45) is 0. The average Bonchev–Trinajstić information content (AvgIpc) is 1.67. The number of thiol groups is 1. The summed E-state index contributed by atoms with van der Waals surface area (Å²) in [6.45, 7) is 4.39. The molecule has 0 saturated heterocycles. The molecular formula is C5H8F2S. The van der Waals surface area contributed by atoms with Crippen LogP contribution in [0.5, 0.6) is 0 Å². The van der Waals surface area contributed by atoms with E-state index in [0.717, 1.165) is 0 Å². The van der Waals surface area contributed by atoms with Gasteiger partial charge in [-0.1, -0.05) is 6.58 Å². The van der Waals surface area contributed by atoms with Gasteiger partial charge in [0, 0.05) is 0 Å². The van der Waals surface area contributed by atoms with Crippen molar-refractivity contribution in [1.29, 1.82) is 0 Å². The van der Waals surface area contributed by atoms with Crippen molar-refractivity contribution in [2.24, 2.45) is 0 Å². The minimum Gasteiger partial charge on any atom is -0.201 e. The lowest BCUT2D eigenvalue weighted by atomic mass is 10.2. The second-order valence-electron chi connectivity index (χ2n) is 1.64. The van der Waals surface area contributed by atoms with E-state index >= 15 is 0 Å². The van der Waals surface area contributed by atoms with E-state index in [1.54, 1.807) is 0 Å². The summed E-state index contributed by atoms with van der Waals surface area (Å²) in [5, 5.41) is 0. The highest BCUT2D eigenvalue weighted by molar-refractivity contribution is 7.80. The van der Waals surface area contributed by atoms with Gasteiger partial charge in [-0.25, -0.2) is 8.78 Å². The maximum absolute atomic E-state index is 12.1. The molecule has 0 N–H and O–H groups in total. The van der Waals surface area contributed by atoms with E-state index in [0.29, 0.717) is 0 Å². The van der Waals surface area contributed by atoms with Gasteiger partial charge in [0.2, 0.25) is 0 Å². The van der Waals surface area contributed by atoms with Crippen molar-refractivity contribution in [3.8, 4) is 0 Å². The molecule has 0 fully saturated rings. The fourth-order valence-electron chi connectivity index (χ4n) is 0.135. The van der Waals surface area contributed by atoms with Crippen LogP contribution in [0, 0.1) is 0 Å². The molecule has 0 aliphatic rings. The molecule has 0 spiro atoms. The Bertz CT molecular complexity index is 98.6. The smallest absolute Gasteiger partial charge is 0.201 e. The third-order valence-electron chi connectivity index (χ3n) is 0.823. The molecule has 0 aromatic heterocycles. The Labute approximate surface area is 53.0 Å². The molecule has 0 bridgehead atoms. The third-order valence-corrected chi connectivity index (χ3v) is 1.22. The van der Waals surface area contributed by atoms with Crippen LogP contribution in [0.25, 0.3) is 0 Å². The van der Waals surface area contributed by atoms with E-state index in [1.165, 1.54) is 6.92 Å². The van der Waals surface area contributed by atoms with Crippen LogP contribution in [0.3, 0.4) is 0 Å². The lowest BCUT2D eigenvalue weighted by Gasteiger charge is -2.11. The zero-order valence-electron chi connectivity index (χ0n) is 4.62. The van der Waals surface area contributed by atoms with E-state index in [2.05, 4.69) is 19.2 Å². The van der Waals surface area contributed by atoms with E-state index in [9.17, 15) is 8.78 Å². The molecule has 0 aliphatic carbocycles. The Morgan fingerprint density at radius 3 is 2.12 bits per heavy atom. The SMILES string of the molecule is C=C(C)C(F)(F)CS. The van der Waals surface area contributed by atoms with Crippen LogP contribution in [0.2, 0.25) is 0 Å². The first-order chi connectivity index (χ1) is 3.50. The monoisotopic (exact) mass is 138 g/mol. The van der Waals surface area contributed by atoms with Crippen LogP contribution in [0.4, 0.5) is 8.78 Å². The first-order valence-electron chi connectivity index (χ1n) is 2.15. The number of allylic oxidation sites excluding steroid dienone is 1. The molecule has 0 atom stereocenters. The summed E-state index contributed by atoms with van der Waals surface area (Å²) in [5.41, 5.74) is -0.132. The molecule has 8 heavy (non-hydrogen) atoms. The van der Waals surface area contributed by atoms with Crippen molar-refractivity contribution in [2.75, 3.05) is 5.75 Å². The maximum atomic E-state index is 12.1. The van der Waals surface area contributed by atoms with Crippen molar-refractivity contribution in [3.63, 3.8) is 0 Å². The first kappa shape index (κ1) is 7.95. The Morgan fingerprint density at radius 2 is 2.12 bits per heavy atom. The van der Waals surface area contributed by atoms with Crippen molar-refractivity contribution < 1.29 is 8.78 Å². The second kappa shape index (κ2) is 2.49. The molecule has 0 saturated carbocycles. The highest BCUT2D eigenvalue weighted by Crippen LogP contribution is 2.22. The van der Waals surface area contributed by atoms with Gasteiger partial charge >= 0.3 is 0 Å².